The van der Waals surface area contributed by atoms with Crippen molar-refractivity contribution in [1.29, 1.82) is 0 Å². The quantitative estimate of drug-likeness (QED) is 0.797. The Hall–Kier alpha value is -0.870. The number of hydrogen-bond donors (Lipinski definition) is 2. The number of aliphatic hydroxyl groups excluding tert-OH is 1. The second-order valence-corrected chi connectivity index (χ2v) is 4.73. The molecule has 4 nitrogen and oxygen atoms in total. The van der Waals surface area contributed by atoms with Gasteiger partial charge in [-0.15, -0.1) is 0 Å². The fourth-order valence-electron chi connectivity index (χ4n) is 1.22. The van der Waals surface area contributed by atoms with E-state index in [1.54, 1.807) is 6.92 Å². The molecule has 1 rings (SSSR count). The summed E-state index contributed by atoms with van der Waals surface area (Å²) in [4.78, 5) is 8.10. The highest BCUT2D eigenvalue weighted by Crippen LogP contribution is 2.24. The summed E-state index contributed by atoms with van der Waals surface area (Å²) in [5.41, 5.74) is 0.416. The molecule has 1 heterocycles. The first kappa shape index (κ1) is 13.2. The summed E-state index contributed by atoms with van der Waals surface area (Å²) in [5.74, 6) is 0.688. The van der Waals surface area contributed by atoms with E-state index in [0.717, 1.165) is 12.0 Å². The number of rotatable bonds is 4. The van der Waals surface area contributed by atoms with Crippen molar-refractivity contribution in [2.75, 3.05) is 5.32 Å². The standard InChI is InChI=1S/C11H18ClN3O/c1-5-8-9(12)13-6-14-10(8)15-11(3,4)7(2)16/h6-7,16H,5H2,1-4H3,(H,13,14,15). The van der Waals surface area contributed by atoms with Crippen molar-refractivity contribution in [1.82, 2.24) is 9.97 Å². The van der Waals surface area contributed by atoms with E-state index >= 15 is 0 Å². The molecule has 0 aliphatic heterocycles. The van der Waals surface area contributed by atoms with Gasteiger partial charge in [0.05, 0.1) is 11.6 Å². The average molecular weight is 244 g/mol. The minimum atomic E-state index is -0.494. The normalized spacial score (nSPS) is 13.6. The van der Waals surface area contributed by atoms with Crippen LogP contribution in [0.5, 0.6) is 0 Å². The lowest BCUT2D eigenvalue weighted by Gasteiger charge is -2.30. The van der Waals surface area contributed by atoms with Gasteiger partial charge < -0.3 is 10.4 Å². The lowest BCUT2D eigenvalue weighted by atomic mass is 9.98. The summed E-state index contributed by atoms with van der Waals surface area (Å²) in [5, 5.41) is 13.3. The Labute approximate surface area is 101 Å². The Bertz CT molecular complexity index is 366. The van der Waals surface area contributed by atoms with Gasteiger partial charge in [0.1, 0.15) is 17.3 Å². The van der Waals surface area contributed by atoms with Crippen LogP contribution in [-0.2, 0) is 6.42 Å². The SMILES string of the molecule is CCc1c(Cl)ncnc1NC(C)(C)C(C)O. The summed E-state index contributed by atoms with van der Waals surface area (Å²) >= 11 is 5.98. The van der Waals surface area contributed by atoms with Gasteiger partial charge in [-0.1, -0.05) is 18.5 Å². The summed E-state index contributed by atoms with van der Waals surface area (Å²) in [7, 11) is 0. The summed E-state index contributed by atoms with van der Waals surface area (Å²) in [6, 6.07) is 0. The number of anilines is 1. The molecule has 0 radical (unpaired) electrons. The van der Waals surface area contributed by atoms with Crippen LogP contribution in [0.2, 0.25) is 5.15 Å². The molecule has 1 unspecified atom stereocenters. The third-order valence-electron chi connectivity index (χ3n) is 2.73. The van der Waals surface area contributed by atoms with Crippen molar-refractivity contribution in [3.63, 3.8) is 0 Å². The van der Waals surface area contributed by atoms with Crippen molar-refractivity contribution in [2.45, 2.75) is 45.8 Å². The van der Waals surface area contributed by atoms with Crippen molar-refractivity contribution < 1.29 is 5.11 Å². The van der Waals surface area contributed by atoms with E-state index in [9.17, 15) is 5.11 Å². The predicted molar refractivity (Wildman–Crippen MR) is 65.8 cm³/mol. The highest BCUT2D eigenvalue weighted by molar-refractivity contribution is 6.30. The van der Waals surface area contributed by atoms with E-state index in [-0.39, 0.29) is 0 Å². The zero-order chi connectivity index (χ0) is 12.3. The number of aliphatic hydroxyl groups is 1. The van der Waals surface area contributed by atoms with Crippen molar-refractivity contribution in [2.24, 2.45) is 0 Å². The maximum absolute atomic E-state index is 9.64. The van der Waals surface area contributed by atoms with Gasteiger partial charge in [-0.3, -0.25) is 0 Å². The molecule has 5 heteroatoms. The highest BCUT2D eigenvalue weighted by atomic mass is 35.5. The Morgan fingerprint density at radius 1 is 1.50 bits per heavy atom. The van der Waals surface area contributed by atoms with Crippen LogP contribution in [0.4, 0.5) is 5.82 Å². The first-order valence-corrected chi connectivity index (χ1v) is 5.72. The van der Waals surface area contributed by atoms with Gasteiger partial charge in [0.25, 0.3) is 0 Å². The molecule has 0 amide bonds. The fourth-order valence-corrected chi connectivity index (χ4v) is 1.49. The molecule has 2 N–H and O–H groups in total. The molecule has 1 aromatic heterocycles. The van der Waals surface area contributed by atoms with Gasteiger partial charge in [-0.2, -0.15) is 0 Å². The number of hydrogen-bond acceptors (Lipinski definition) is 4. The third kappa shape index (κ3) is 2.83. The minimum absolute atomic E-state index is 0.457. The summed E-state index contributed by atoms with van der Waals surface area (Å²) in [6.45, 7) is 7.55. The lowest BCUT2D eigenvalue weighted by molar-refractivity contribution is 0.133. The molecule has 1 atom stereocenters. The Kier molecular flexibility index (Phi) is 4.10. The van der Waals surface area contributed by atoms with Gasteiger partial charge in [-0.05, 0) is 27.2 Å². The summed E-state index contributed by atoms with van der Waals surface area (Å²) < 4.78 is 0. The Balaban J connectivity index is 3.02. The van der Waals surface area contributed by atoms with Crippen LogP contribution >= 0.6 is 11.6 Å². The number of halogens is 1. The molecule has 0 spiro atoms. The Morgan fingerprint density at radius 3 is 2.62 bits per heavy atom. The van der Waals surface area contributed by atoms with Crippen molar-refractivity contribution in [3.05, 3.63) is 17.0 Å². The first-order chi connectivity index (χ1) is 7.38. The van der Waals surface area contributed by atoms with Crippen molar-refractivity contribution in [3.8, 4) is 0 Å². The maximum atomic E-state index is 9.64. The molecular weight excluding hydrogens is 226 g/mol. The van der Waals surface area contributed by atoms with Crippen LogP contribution in [0.1, 0.15) is 33.3 Å². The lowest BCUT2D eigenvalue weighted by Crippen LogP contribution is -2.42. The predicted octanol–water partition coefficient (Wildman–Crippen LogP) is 2.26. The van der Waals surface area contributed by atoms with Crippen molar-refractivity contribution >= 4 is 17.4 Å². The number of aromatic nitrogens is 2. The largest absolute Gasteiger partial charge is 0.391 e. The zero-order valence-corrected chi connectivity index (χ0v) is 10.8. The van der Waals surface area contributed by atoms with E-state index < -0.39 is 11.6 Å². The second-order valence-electron chi connectivity index (χ2n) is 4.37. The zero-order valence-electron chi connectivity index (χ0n) is 10.1. The topological polar surface area (TPSA) is 58.0 Å². The number of nitrogens with zero attached hydrogens (tertiary/aromatic N) is 2. The van der Waals surface area contributed by atoms with Gasteiger partial charge in [-0.25, -0.2) is 9.97 Å². The number of nitrogens with one attached hydrogen (secondary N) is 1. The van der Waals surface area contributed by atoms with E-state index in [1.807, 2.05) is 20.8 Å². The van der Waals surface area contributed by atoms with E-state index in [0.29, 0.717) is 11.0 Å². The fraction of sp³-hybridized carbons (Fsp3) is 0.636. The summed E-state index contributed by atoms with van der Waals surface area (Å²) in [6.07, 6.45) is 1.67. The van der Waals surface area contributed by atoms with Crippen LogP contribution in [0, 0.1) is 0 Å². The van der Waals surface area contributed by atoms with E-state index in [2.05, 4.69) is 15.3 Å². The molecule has 0 aliphatic carbocycles. The van der Waals surface area contributed by atoms with E-state index in [4.69, 9.17) is 11.6 Å². The minimum Gasteiger partial charge on any atom is -0.391 e. The molecule has 16 heavy (non-hydrogen) atoms. The molecule has 0 bridgehead atoms. The molecule has 0 saturated carbocycles. The molecule has 0 fully saturated rings. The van der Waals surface area contributed by atoms with Crippen LogP contribution in [0.25, 0.3) is 0 Å². The third-order valence-corrected chi connectivity index (χ3v) is 3.06. The second kappa shape index (κ2) is 4.97. The van der Waals surface area contributed by atoms with Gasteiger partial charge in [0.15, 0.2) is 0 Å². The van der Waals surface area contributed by atoms with Crippen LogP contribution in [-0.4, -0.2) is 26.7 Å². The smallest absolute Gasteiger partial charge is 0.137 e. The van der Waals surface area contributed by atoms with Gasteiger partial charge in [0, 0.05) is 5.56 Å². The molecular formula is C11H18ClN3O. The van der Waals surface area contributed by atoms with Gasteiger partial charge in [0.2, 0.25) is 0 Å². The first-order valence-electron chi connectivity index (χ1n) is 5.34. The monoisotopic (exact) mass is 243 g/mol. The molecule has 90 valence electrons. The molecule has 0 aromatic carbocycles. The van der Waals surface area contributed by atoms with Crippen LogP contribution in [0.15, 0.2) is 6.33 Å². The van der Waals surface area contributed by atoms with E-state index in [1.165, 1.54) is 6.33 Å². The highest BCUT2D eigenvalue weighted by Gasteiger charge is 2.25. The molecule has 1 aromatic rings. The van der Waals surface area contributed by atoms with Crippen LogP contribution in [0.3, 0.4) is 0 Å². The maximum Gasteiger partial charge on any atom is 0.137 e. The molecule has 0 saturated heterocycles. The van der Waals surface area contributed by atoms with Crippen LogP contribution < -0.4 is 5.32 Å². The Morgan fingerprint density at radius 2 is 2.12 bits per heavy atom. The van der Waals surface area contributed by atoms with Gasteiger partial charge >= 0.3 is 0 Å². The molecule has 0 aliphatic rings. The average Bonchev–Trinajstić information content (AvgIpc) is 2.17.